The minimum atomic E-state index is -3.97. The van der Waals surface area contributed by atoms with Gasteiger partial charge in [-0.15, -0.1) is 0 Å². The van der Waals surface area contributed by atoms with Gasteiger partial charge in [-0.25, -0.2) is 16.8 Å². The molecule has 0 amide bonds. The Labute approximate surface area is 186 Å². The minimum Gasteiger partial charge on any atom is -0.491 e. The molecule has 0 radical (unpaired) electrons. The van der Waals surface area contributed by atoms with Crippen molar-refractivity contribution in [2.24, 2.45) is 0 Å². The maximum absolute atomic E-state index is 15.1. The van der Waals surface area contributed by atoms with Crippen molar-refractivity contribution in [1.29, 1.82) is 0 Å². The zero-order valence-corrected chi connectivity index (χ0v) is 18.3. The quantitative estimate of drug-likeness (QED) is 0.551. The lowest BCUT2D eigenvalue weighted by Gasteiger charge is -2.23. The molecule has 4 rings (SSSR count). The summed E-state index contributed by atoms with van der Waals surface area (Å²) < 4.78 is 59.1. The van der Waals surface area contributed by atoms with Crippen molar-refractivity contribution < 1.29 is 27.0 Å². The fourth-order valence-electron chi connectivity index (χ4n) is 3.42. The van der Waals surface area contributed by atoms with Crippen molar-refractivity contribution in [1.82, 2.24) is 14.3 Å². The second kappa shape index (κ2) is 9.78. The number of ether oxygens (including phenoxy) is 3. The van der Waals surface area contributed by atoms with Crippen LogP contribution >= 0.6 is 0 Å². The zero-order chi connectivity index (χ0) is 22.6. The van der Waals surface area contributed by atoms with Crippen molar-refractivity contribution >= 4 is 10.0 Å². The molecule has 3 aromatic rings. The van der Waals surface area contributed by atoms with E-state index in [0.717, 1.165) is 3.97 Å². The Bertz CT molecular complexity index is 1160. The van der Waals surface area contributed by atoms with Crippen molar-refractivity contribution in [3.05, 3.63) is 66.4 Å². The maximum Gasteiger partial charge on any atom is 0.269 e. The lowest BCUT2D eigenvalue weighted by molar-refractivity contribution is -0.101. The van der Waals surface area contributed by atoms with Crippen molar-refractivity contribution in [3.63, 3.8) is 0 Å². The minimum absolute atomic E-state index is 0.0166. The van der Waals surface area contributed by atoms with Gasteiger partial charge in [-0.1, -0.05) is 0 Å². The smallest absolute Gasteiger partial charge is 0.269 e. The van der Waals surface area contributed by atoms with Crippen molar-refractivity contribution in [2.75, 3.05) is 33.5 Å². The molecular formula is C22H24FN3O5S. The lowest BCUT2D eigenvalue weighted by Crippen LogP contribution is -2.33. The first kappa shape index (κ1) is 22.4. The fraction of sp³-hybridized carbons (Fsp3) is 0.318. The van der Waals surface area contributed by atoms with Crippen LogP contribution < -0.4 is 10.1 Å². The van der Waals surface area contributed by atoms with Gasteiger partial charge in [0.1, 0.15) is 29.2 Å². The van der Waals surface area contributed by atoms with Gasteiger partial charge in [0.05, 0.1) is 25.5 Å². The molecule has 0 saturated carbocycles. The highest BCUT2D eigenvalue weighted by molar-refractivity contribution is 7.90. The van der Waals surface area contributed by atoms with Crippen molar-refractivity contribution in [3.8, 4) is 17.0 Å². The number of nitrogens with zero attached hydrogens (tertiary/aromatic N) is 2. The summed E-state index contributed by atoms with van der Waals surface area (Å²) in [6.07, 6.45) is 4.03. The molecule has 170 valence electrons. The maximum atomic E-state index is 15.1. The summed E-state index contributed by atoms with van der Waals surface area (Å²) in [5.41, 5.74) is 1.06. The van der Waals surface area contributed by atoms with E-state index in [0.29, 0.717) is 37.7 Å². The molecule has 1 saturated heterocycles. The third kappa shape index (κ3) is 4.83. The van der Waals surface area contributed by atoms with Crippen LogP contribution in [-0.2, 0) is 26.0 Å². The molecule has 0 bridgehead atoms. The molecule has 1 N–H and O–H groups in total. The molecule has 8 nitrogen and oxygen atoms in total. The Balaban J connectivity index is 1.65. The highest BCUT2D eigenvalue weighted by Crippen LogP contribution is 2.31. The number of pyridine rings is 1. The van der Waals surface area contributed by atoms with Gasteiger partial charge < -0.3 is 19.5 Å². The molecule has 32 heavy (non-hydrogen) atoms. The van der Waals surface area contributed by atoms with Crippen LogP contribution in [-0.4, -0.2) is 57.0 Å². The van der Waals surface area contributed by atoms with E-state index < -0.39 is 15.8 Å². The van der Waals surface area contributed by atoms with Crippen LogP contribution in [0.5, 0.6) is 5.75 Å². The summed E-state index contributed by atoms with van der Waals surface area (Å²) in [4.78, 5) is 3.91. The summed E-state index contributed by atoms with van der Waals surface area (Å²) in [6.45, 7) is 2.13. The zero-order valence-electron chi connectivity index (χ0n) is 17.5. The number of rotatable bonds is 8. The van der Waals surface area contributed by atoms with E-state index in [1.165, 1.54) is 36.8 Å². The van der Waals surface area contributed by atoms with E-state index in [4.69, 9.17) is 14.2 Å². The molecule has 1 aliphatic heterocycles. The van der Waals surface area contributed by atoms with Crippen molar-refractivity contribution in [2.45, 2.75) is 17.5 Å². The van der Waals surface area contributed by atoms with Crippen LogP contribution in [0.1, 0.15) is 5.56 Å². The first-order chi connectivity index (χ1) is 15.5. The third-order valence-corrected chi connectivity index (χ3v) is 6.61. The summed E-state index contributed by atoms with van der Waals surface area (Å²) in [6, 6.07) is 9.00. The largest absolute Gasteiger partial charge is 0.491 e. The van der Waals surface area contributed by atoms with Gasteiger partial charge in [0.2, 0.25) is 0 Å². The molecule has 3 heterocycles. The Hall–Kier alpha value is -2.79. The first-order valence-corrected chi connectivity index (χ1v) is 11.6. The molecule has 1 aromatic carbocycles. The van der Waals surface area contributed by atoms with Gasteiger partial charge in [0.25, 0.3) is 10.0 Å². The Morgan fingerprint density at radius 2 is 2.16 bits per heavy atom. The normalized spacial score (nSPS) is 16.8. The number of hydrogen-bond donors (Lipinski definition) is 1. The Morgan fingerprint density at radius 1 is 1.28 bits per heavy atom. The molecule has 1 atom stereocenters. The average Bonchev–Trinajstić information content (AvgIpc) is 3.24. The molecule has 2 aromatic heterocycles. The summed E-state index contributed by atoms with van der Waals surface area (Å²) in [7, 11) is -2.22. The third-order valence-electron chi connectivity index (χ3n) is 4.95. The van der Waals surface area contributed by atoms with E-state index in [-0.39, 0.29) is 28.9 Å². The monoisotopic (exact) mass is 461 g/mol. The SMILES string of the molecule is CNCc1cc(-c2ccc(OC[C@@H]3COCCO3)cc2F)n(S(=O)(=O)c2cccnc2)c1. The van der Waals surface area contributed by atoms with Crippen LogP contribution in [0.3, 0.4) is 0 Å². The van der Waals surface area contributed by atoms with Gasteiger partial charge in [0, 0.05) is 36.8 Å². The van der Waals surface area contributed by atoms with Crippen LogP contribution in [0.2, 0.25) is 0 Å². The van der Waals surface area contributed by atoms with Crippen LogP contribution in [0, 0.1) is 5.82 Å². The highest BCUT2D eigenvalue weighted by Gasteiger charge is 2.24. The van der Waals surface area contributed by atoms with Crippen LogP contribution in [0.25, 0.3) is 11.3 Å². The highest BCUT2D eigenvalue weighted by atomic mass is 32.2. The van der Waals surface area contributed by atoms with Gasteiger partial charge >= 0.3 is 0 Å². The average molecular weight is 462 g/mol. The van der Waals surface area contributed by atoms with Gasteiger partial charge in [-0.3, -0.25) is 4.98 Å². The number of hydrogen-bond acceptors (Lipinski definition) is 7. The Kier molecular flexibility index (Phi) is 6.85. The van der Waals surface area contributed by atoms with E-state index >= 15 is 4.39 Å². The van der Waals surface area contributed by atoms with Crippen LogP contribution in [0.4, 0.5) is 4.39 Å². The molecule has 0 spiro atoms. The topological polar surface area (TPSA) is 91.7 Å². The second-order valence-electron chi connectivity index (χ2n) is 7.27. The van der Waals surface area contributed by atoms with E-state index in [1.807, 2.05) is 0 Å². The standard InChI is InChI=1S/C22H24FN3O5S/c1-24-11-16-9-22(26(13-16)32(27,28)19-3-2-6-25-12-19)20-5-4-17(10-21(20)23)31-15-18-14-29-7-8-30-18/h2-6,9-10,12-13,18,24H,7-8,11,14-15H2,1H3/t18-/m0/s1. The molecular weight excluding hydrogens is 437 g/mol. The number of halogens is 1. The van der Waals surface area contributed by atoms with E-state index in [1.54, 1.807) is 25.2 Å². The predicted octanol–water partition coefficient (Wildman–Crippen LogP) is 2.44. The van der Waals surface area contributed by atoms with E-state index in [2.05, 4.69) is 10.3 Å². The summed E-state index contributed by atoms with van der Waals surface area (Å²) >= 11 is 0. The number of nitrogens with one attached hydrogen (secondary N) is 1. The molecule has 1 fully saturated rings. The summed E-state index contributed by atoms with van der Waals surface area (Å²) in [5.74, 6) is -0.274. The first-order valence-electron chi connectivity index (χ1n) is 10.1. The predicted molar refractivity (Wildman–Crippen MR) is 115 cm³/mol. The number of benzene rings is 1. The lowest BCUT2D eigenvalue weighted by atomic mass is 10.1. The molecule has 0 aliphatic carbocycles. The second-order valence-corrected chi connectivity index (χ2v) is 9.09. The van der Waals surface area contributed by atoms with Gasteiger partial charge in [0.15, 0.2) is 0 Å². The van der Waals surface area contributed by atoms with E-state index in [9.17, 15) is 8.42 Å². The van der Waals surface area contributed by atoms with Gasteiger partial charge in [-0.2, -0.15) is 0 Å². The fourth-order valence-corrected chi connectivity index (χ4v) is 4.78. The Morgan fingerprint density at radius 3 is 2.84 bits per heavy atom. The molecule has 10 heteroatoms. The number of aromatic nitrogens is 2. The molecule has 1 aliphatic rings. The summed E-state index contributed by atoms with van der Waals surface area (Å²) in [5, 5.41) is 2.98. The van der Waals surface area contributed by atoms with Crippen LogP contribution in [0.15, 0.2) is 59.9 Å². The molecule has 0 unspecified atom stereocenters. The van der Waals surface area contributed by atoms with Gasteiger partial charge in [-0.05, 0) is 42.9 Å².